The molecular formula is C13H18O. The minimum atomic E-state index is 0.0236. The zero-order chi connectivity index (χ0) is 10.3. The summed E-state index contributed by atoms with van der Waals surface area (Å²) in [7, 11) is 0. The lowest BCUT2D eigenvalue weighted by molar-refractivity contribution is -0.109. The Morgan fingerprint density at radius 1 is 1.50 bits per heavy atom. The third-order valence-corrected chi connectivity index (χ3v) is 3.22. The maximum Gasteiger partial charge on any atom is 0.131 e. The Balaban J connectivity index is 2.34. The maximum atomic E-state index is 11.0. The molecule has 14 heavy (non-hydrogen) atoms. The van der Waals surface area contributed by atoms with Gasteiger partial charge in [0.15, 0.2) is 0 Å². The van der Waals surface area contributed by atoms with Gasteiger partial charge in [-0.1, -0.05) is 37.6 Å². The highest BCUT2D eigenvalue weighted by Crippen LogP contribution is 2.48. The predicted molar refractivity (Wildman–Crippen MR) is 57.9 cm³/mol. The topological polar surface area (TPSA) is 17.1 Å². The van der Waals surface area contributed by atoms with Crippen molar-refractivity contribution in [3.05, 3.63) is 23.8 Å². The average molecular weight is 190 g/mol. The molecule has 0 saturated heterocycles. The number of carbonyl (C=O) groups excluding carboxylic acids is 1. The first-order valence-corrected chi connectivity index (χ1v) is 5.39. The van der Waals surface area contributed by atoms with E-state index < -0.39 is 0 Å². The zero-order valence-electron chi connectivity index (χ0n) is 9.05. The number of hydrogen-bond acceptors (Lipinski definition) is 1. The van der Waals surface area contributed by atoms with E-state index in [-0.39, 0.29) is 11.3 Å². The van der Waals surface area contributed by atoms with Gasteiger partial charge in [-0.15, -0.1) is 0 Å². The van der Waals surface area contributed by atoms with Crippen molar-refractivity contribution in [1.29, 1.82) is 0 Å². The first kappa shape index (κ1) is 9.70. The van der Waals surface area contributed by atoms with Crippen LogP contribution in [-0.4, -0.2) is 6.29 Å². The van der Waals surface area contributed by atoms with Crippen LogP contribution in [0.3, 0.4) is 0 Å². The van der Waals surface area contributed by atoms with Crippen LogP contribution < -0.4 is 0 Å². The molecule has 1 fully saturated rings. The van der Waals surface area contributed by atoms with Gasteiger partial charge in [0.1, 0.15) is 6.29 Å². The lowest BCUT2D eigenvalue weighted by Crippen LogP contribution is -2.23. The van der Waals surface area contributed by atoms with Crippen molar-refractivity contribution in [1.82, 2.24) is 0 Å². The standard InChI is InChI=1S/C13H18O/c1-9-6-13(2,3)7-11(10-4-5-10)12(9)8-14/h7-8,10,12H,1,4-6H2,2-3H3. The third-order valence-electron chi connectivity index (χ3n) is 3.22. The molecule has 1 nitrogen and oxygen atoms in total. The zero-order valence-corrected chi connectivity index (χ0v) is 9.05. The number of aldehydes is 1. The van der Waals surface area contributed by atoms with E-state index in [1.807, 2.05) is 0 Å². The number of rotatable bonds is 2. The van der Waals surface area contributed by atoms with Gasteiger partial charge in [0.05, 0.1) is 5.92 Å². The van der Waals surface area contributed by atoms with E-state index in [9.17, 15) is 4.79 Å². The molecule has 0 heterocycles. The highest BCUT2D eigenvalue weighted by atomic mass is 16.1. The Morgan fingerprint density at radius 3 is 2.64 bits per heavy atom. The molecule has 0 radical (unpaired) electrons. The fourth-order valence-electron chi connectivity index (χ4n) is 2.49. The Kier molecular flexibility index (Phi) is 2.13. The van der Waals surface area contributed by atoms with Gasteiger partial charge in [-0.2, -0.15) is 0 Å². The van der Waals surface area contributed by atoms with E-state index in [1.165, 1.54) is 18.4 Å². The molecule has 1 unspecified atom stereocenters. The second kappa shape index (κ2) is 3.08. The fourth-order valence-corrected chi connectivity index (χ4v) is 2.49. The second-order valence-electron chi connectivity index (χ2n) is 5.36. The monoisotopic (exact) mass is 190 g/mol. The van der Waals surface area contributed by atoms with Gasteiger partial charge in [0.2, 0.25) is 0 Å². The first-order chi connectivity index (χ1) is 6.53. The molecule has 1 atom stereocenters. The molecule has 0 aromatic carbocycles. The van der Waals surface area contributed by atoms with Crippen molar-refractivity contribution in [3.8, 4) is 0 Å². The van der Waals surface area contributed by atoms with E-state index in [4.69, 9.17) is 0 Å². The fraction of sp³-hybridized carbons (Fsp3) is 0.615. The predicted octanol–water partition coefficient (Wildman–Crippen LogP) is 3.12. The molecule has 2 aliphatic carbocycles. The van der Waals surface area contributed by atoms with Crippen molar-refractivity contribution >= 4 is 6.29 Å². The van der Waals surface area contributed by atoms with Crippen LogP contribution in [0.5, 0.6) is 0 Å². The largest absolute Gasteiger partial charge is 0.302 e. The van der Waals surface area contributed by atoms with Gasteiger partial charge in [-0.3, -0.25) is 0 Å². The summed E-state index contributed by atoms with van der Waals surface area (Å²) in [5.41, 5.74) is 2.66. The molecule has 1 heteroatoms. The van der Waals surface area contributed by atoms with Crippen LogP contribution >= 0.6 is 0 Å². The van der Waals surface area contributed by atoms with E-state index >= 15 is 0 Å². The molecular weight excluding hydrogens is 172 g/mol. The van der Waals surface area contributed by atoms with Crippen LogP contribution in [0.4, 0.5) is 0 Å². The summed E-state index contributed by atoms with van der Waals surface area (Å²) < 4.78 is 0. The number of allylic oxidation sites excluding steroid dienone is 3. The van der Waals surface area contributed by atoms with Gasteiger partial charge in [0.25, 0.3) is 0 Å². The van der Waals surface area contributed by atoms with Crippen LogP contribution in [0.15, 0.2) is 23.8 Å². The summed E-state index contributed by atoms with van der Waals surface area (Å²) in [5, 5.41) is 0. The number of hydrogen-bond donors (Lipinski definition) is 0. The normalized spacial score (nSPS) is 31.1. The lowest BCUT2D eigenvalue weighted by Gasteiger charge is -2.33. The molecule has 0 N–H and O–H groups in total. The van der Waals surface area contributed by atoms with Crippen LogP contribution in [0.1, 0.15) is 33.1 Å². The first-order valence-electron chi connectivity index (χ1n) is 5.39. The van der Waals surface area contributed by atoms with Crippen molar-refractivity contribution in [2.75, 3.05) is 0 Å². The smallest absolute Gasteiger partial charge is 0.131 e. The van der Waals surface area contributed by atoms with Gasteiger partial charge in [0, 0.05) is 0 Å². The Morgan fingerprint density at radius 2 is 2.14 bits per heavy atom. The summed E-state index contributed by atoms with van der Waals surface area (Å²) in [6, 6.07) is 0. The van der Waals surface area contributed by atoms with Crippen LogP contribution in [0.25, 0.3) is 0 Å². The highest BCUT2D eigenvalue weighted by Gasteiger charge is 2.37. The molecule has 0 bridgehead atoms. The summed E-state index contributed by atoms with van der Waals surface area (Å²) in [6.45, 7) is 8.50. The van der Waals surface area contributed by atoms with E-state index in [2.05, 4.69) is 26.5 Å². The van der Waals surface area contributed by atoms with E-state index in [1.54, 1.807) is 0 Å². The summed E-state index contributed by atoms with van der Waals surface area (Å²) >= 11 is 0. The molecule has 0 aromatic heterocycles. The molecule has 76 valence electrons. The van der Waals surface area contributed by atoms with E-state index in [0.717, 1.165) is 18.3 Å². The van der Waals surface area contributed by atoms with Crippen LogP contribution in [0.2, 0.25) is 0 Å². The van der Waals surface area contributed by atoms with Gasteiger partial charge in [-0.05, 0) is 30.6 Å². The van der Waals surface area contributed by atoms with Gasteiger partial charge < -0.3 is 4.79 Å². The minimum Gasteiger partial charge on any atom is -0.302 e. The maximum absolute atomic E-state index is 11.0. The van der Waals surface area contributed by atoms with Crippen molar-refractivity contribution < 1.29 is 4.79 Å². The Labute approximate surface area is 85.9 Å². The minimum absolute atomic E-state index is 0.0236. The third kappa shape index (κ3) is 1.68. The molecule has 1 saturated carbocycles. The summed E-state index contributed by atoms with van der Waals surface area (Å²) in [4.78, 5) is 11.0. The van der Waals surface area contributed by atoms with E-state index in [0.29, 0.717) is 5.92 Å². The molecule has 2 rings (SSSR count). The van der Waals surface area contributed by atoms with Crippen molar-refractivity contribution in [3.63, 3.8) is 0 Å². The highest BCUT2D eigenvalue weighted by molar-refractivity contribution is 5.66. The Hall–Kier alpha value is -0.850. The van der Waals surface area contributed by atoms with Gasteiger partial charge in [-0.25, -0.2) is 0 Å². The summed E-state index contributed by atoms with van der Waals surface area (Å²) in [6.07, 6.45) is 6.87. The lowest BCUT2D eigenvalue weighted by atomic mass is 9.71. The quantitative estimate of drug-likeness (QED) is 0.483. The average Bonchev–Trinajstić information content (AvgIpc) is 2.83. The van der Waals surface area contributed by atoms with Crippen LogP contribution in [-0.2, 0) is 4.79 Å². The summed E-state index contributed by atoms with van der Waals surface area (Å²) in [5.74, 6) is 0.706. The van der Waals surface area contributed by atoms with Crippen molar-refractivity contribution in [2.24, 2.45) is 17.3 Å². The van der Waals surface area contributed by atoms with Crippen LogP contribution in [0, 0.1) is 17.3 Å². The number of carbonyl (C=O) groups is 1. The van der Waals surface area contributed by atoms with Gasteiger partial charge >= 0.3 is 0 Å². The molecule has 2 aliphatic rings. The molecule has 0 aromatic rings. The SMILES string of the molecule is C=C1CC(C)(C)C=C(C2CC2)C1C=O. The molecule has 0 spiro atoms. The molecule has 0 amide bonds. The second-order valence-corrected chi connectivity index (χ2v) is 5.36. The molecule has 0 aliphatic heterocycles. The Bertz CT molecular complexity index is 305. The van der Waals surface area contributed by atoms with Crippen molar-refractivity contribution in [2.45, 2.75) is 33.1 Å².